The average Bonchev–Trinajstić information content (AvgIpc) is 2.40. The number of piperidine rings is 1. The molecule has 0 aromatic heterocycles. The molecule has 1 aliphatic carbocycles. The molecule has 1 unspecified atom stereocenters. The quantitative estimate of drug-likeness (QED) is 0.807. The van der Waals surface area contributed by atoms with Crippen LogP contribution < -0.4 is 10.6 Å². The molecule has 104 valence electrons. The number of urea groups is 1. The second kappa shape index (κ2) is 6.98. The molecular formula is C14H27N3O. The van der Waals surface area contributed by atoms with Gasteiger partial charge in [0.05, 0.1) is 0 Å². The summed E-state index contributed by atoms with van der Waals surface area (Å²) < 4.78 is 0. The van der Waals surface area contributed by atoms with Crippen molar-refractivity contribution in [2.75, 3.05) is 26.7 Å². The first-order chi connectivity index (χ1) is 8.79. The van der Waals surface area contributed by atoms with E-state index in [0.717, 1.165) is 26.1 Å². The highest BCUT2D eigenvalue weighted by Gasteiger charge is 2.25. The Morgan fingerprint density at radius 1 is 1.17 bits per heavy atom. The van der Waals surface area contributed by atoms with Gasteiger partial charge in [-0.25, -0.2) is 4.79 Å². The first-order valence-corrected chi connectivity index (χ1v) is 7.49. The van der Waals surface area contributed by atoms with Crippen LogP contribution in [-0.2, 0) is 0 Å². The van der Waals surface area contributed by atoms with Crippen LogP contribution in [0.15, 0.2) is 0 Å². The van der Waals surface area contributed by atoms with Gasteiger partial charge in [0.2, 0.25) is 0 Å². The number of amides is 2. The molecule has 1 saturated heterocycles. The Bertz CT molecular complexity index is 262. The summed E-state index contributed by atoms with van der Waals surface area (Å²) in [7, 11) is 1.99. The minimum absolute atomic E-state index is 0.169. The van der Waals surface area contributed by atoms with E-state index in [4.69, 9.17) is 0 Å². The zero-order valence-corrected chi connectivity index (χ0v) is 11.6. The van der Waals surface area contributed by atoms with Gasteiger partial charge in [-0.05, 0) is 45.2 Å². The molecule has 0 radical (unpaired) electrons. The van der Waals surface area contributed by atoms with Crippen LogP contribution in [0, 0.1) is 5.92 Å². The minimum atomic E-state index is 0.169. The predicted octanol–water partition coefficient (Wildman–Crippen LogP) is 1.96. The SMILES string of the molecule is CNCC1CCCN(C(=O)NC2CCCCC2)C1. The first-order valence-electron chi connectivity index (χ1n) is 7.49. The molecule has 1 atom stereocenters. The highest BCUT2D eigenvalue weighted by atomic mass is 16.2. The number of likely N-dealkylation sites (tertiary alicyclic amines) is 1. The van der Waals surface area contributed by atoms with Gasteiger partial charge in [0.25, 0.3) is 0 Å². The van der Waals surface area contributed by atoms with Crippen LogP contribution in [0.25, 0.3) is 0 Å². The highest BCUT2D eigenvalue weighted by Crippen LogP contribution is 2.19. The van der Waals surface area contributed by atoms with E-state index in [9.17, 15) is 4.79 Å². The van der Waals surface area contributed by atoms with E-state index in [0.29, 0.717) is 12.0 Å². The fraction of sp³-hybridized carbons (Fsp3) is 0.929. The van der Waals surface area contributed by atoms with Crippen LogP contribution >= 0.6 is 0 Å². The highest BCUT2D eigenvalue weighted by molar-refractivity contribution is 5.74. The molecule has 1 saturated carbocycles. The molecule has 1 aliphatic heterocycles. The van der Waals surface area contributed by atoms with Gasteiger partial charge in [0.1, 0.15) is 0 Å². The Hall–Kier alpha value is -0.770. The lowest BCUT2D eigenvalue weighted by molar-refractivity contribution is 0.159. The van der Waals surface area contributed by atoms with Crippen molar-refractivity contribution in [1.82, 2.24) is 15.5 Å². The normalized spacial score (nSPS) is 26.1. The lowest BCUT2D eigenvalue weighted by Crippen LogP contribution is -2.50. The summed E-state index contributed by atoms with van der Waals surface area (Å²) in [5.74, 6) is 0.626. The molecule has 4 heteroatoms. The number of nitrogens with zero attached hydrogens (tertiary/aromatic N) is 1. The Morgan fingerprint density at radius 2 is 1.94 bits per heavy atom. The lowest BCUT2D eigenvalue weighted by atomic mass is 9.95. The molecule has 1 heterocycles. The van der Waals surface area contributed by atoms with E-state index in [2.05, 4.69) is 10.6 Å². The zero-order chi connectivity index (χ0) is 12.8. The van der Waals surface area contributed by atoms with Crippen LogP contribution in [0.4, 0.5) is 4.79 Å². The van der Waals surface area contributed by atoms with E-state index >= 15 is 0 Å². The number of carbonyl (C=O) groups is 1. The van der Waals surface area contributed by atoms with Gasteiger partial charge in [-0.15, -0.1) is 0 Å². The van der Waals surface area contributed by atoms with Crippen molar-refractivity contribution >= 4 is 6.03 Å². The topological polar surface area (TPSA) is 44.4 Å². The minimum Gasteiger partial charge on any atom is -0.335 e. The first kappa shape index (κ1) is 13.7. The summed E-state index contributed by atoms with van der Waals surface area (Å²) in [6.45, 7) is 2.87. The van der Waals surface area contributed by atoms with Crippen LogP contribution in [0.5, 0.6) is 0 Å². The lowest BCUT2D eigenvalue weighted by Gasteiger charge is -2.34. The van der Waals surface area contributed by atoms with Crippen molar-refractivity contribution in [2.24, 2.45) is 5.92 Å². The fourth-order valence-electron chi connectivity index (χ4n) is 3.22. The van der Waals surface area contributed by atoms with Gasteiger partial charge < -0.3 is 15.5 Å². The van der Waals surface area contributed by atoms with E-state index < -0.39 is 0 Å². The van der Waals surface area contributed by atoms with Crippen molar-refractivity contribution in [1.29, 1.82) is 0 Å². The Labute approximate surface area is 110 Å². The number of hydrogen-bond donors (Lipinski definition) is 2. The molecule has 2 fully saturated rings. The van der Waals surface area contributed by atoms with Crippen molar-refractivity contribution in [2.45, 2.75) is 51.0 Å². The molecule has 0 spiro atoms. The van der Waals surface area contributed by atoms with E-state index in [1.165, 1.54) is 38.5 Å². The summed E-state index contributed by atoms with van der Waals surface area (Å²) >= 11 is 0. The van der Waals surface area contributed by atoms with Crippen LogP contribution in [0.3, 0.4) is 0 Å². The van der Waals surface area contributed by atoms with Crippen molar-refractivity contribution in [3.63, 3.8) is 0 Å². The van der Waals surface area contributed by atoms with E-state index in [1.807, 2.05) is 11.9 Å². The standard InChI is InChI=1S/C14H27N3O/c1-15-10-12-6-5-9-17(11-12)14(18)16-13-7-3-2-4-8-13/h12-13,15H,2-11H2,1H3,(H,16,18). The number of carbonyl (C=O) groups excluding carboxylic acids is 1. The Balaban J connectivity index is 1.76. The third kappa shape index (κ3) is 3.87. The Kier molecular flexibility index (Phi) is 5.29. The second-order valence-electron chi connectivity index (χ2n) is 5.80. The van der Waals surface area contributed by atoms with Crippen molar-refractivity contribution < 1.29 is 4.79 Å². The molecular weight excluding hydrogens is 226 g/mol. The predicted molar refractivity (Wildman–Crippen MR) is 73.6 cm³/mol. The molecule has 0 aromatic rings. The summed E-state index contributed by atoms with van der Waals surface area (Å²) in [6.07, 6.45) is 8.60. The molecule has 2 amide bonds. The number of nitrogens with one attached hydrogen (secondary N) is 2. The number of hydrogen-bond acceptors (Lipinski definition) is 2. The number of rotatable bonds is 3. The van der Waals surface area contributed by atoms with Gasteiger partial charge in [0.15, 0.2) is 0 Å². The zero-order valence-electron chi connectivity index (χ0n) is 11.6. The summed E-state index contributed by atoms with van der Waals surface area (Å²) in [5.41, 5.74) is 0. The van der Waals surface area contributed by atoms with Gasteiger partial charge in [-0.2, -0.15) is 0 Å². The van der Waals surface area contributed by atoms with Crippen molar-refractivity contribution in [3.05, 3.63) is 0 Å². The second-order valence-corrected chi connectivity index (χ2v) is 5.80. The van der Waals surface area contributed by atoms with Crippen LogP contribution in [0.2, 0.25) is 0 Å². The maximum atomic E-state index is 12.2. The molecule has 4 nitrogen and oxygen atoms in total. The van der Waals surface area contributed by atoms with E-state index in [-0.39, 0.29) is 6.03 Å². The molecule has 2 aliphatic rings. The third-order valence-electron chi connectivity index (χ3n) is 4.23. The molecule has 0 aromatic carbocycles. The fourth-order valence-corrected chi connectivity index (χ4v) is 3.22. The maximum Gasteiger partial charge on any atom is 0.317 e. The third-order valence-corrected chi connectivity index (χ3v) is 4.23. The molecule has 0 bridgehead atoms. The molecule has 2 rings (SSSR count). The summed E-state index contributed by atoms with van der Waals surface area (Å²) in [4.78, 5) is 14.2. The van der Waals surface area contributed by atoms with Gasteiger partial charge in [-0.1, -0.05) is 19.3 Å². The Morgan fingerprint density at radius 3 is 2.67 bits per heavy atom. The largest absolute Gasteiger partial charge is 0.335 e. The summed E-state index contributed by atoms with van der Waals surface area (Å²) in [5, 5.41) is 6.44. The van der Waals surface area contributed by atoms with Crippen LogP contribution in [-0.4, -0.2) is 43.7 Å². The molecule has 2 N–H and O–H groups in total. The monoisotopic (exact) mass is 253 g/mol. The van der Waals surface area contributed by atoms with Crippen molar-refractivity contribution in [3.8, 4) is 0 Å². The average molecular weight is 253 g/mol. The smallest absolute Gasteiger partial charge is 0.317 e. The summed E-state index contributed by atoms with van der Waals surface area (Å²) in [6, 6.07) is 0.596. The van der Waals surface area contributed by atoms with Gasteiger partial charge in [-0.3, -0.25) is 0 Å². The van der Waals surface area contributed by atoms with Crippen LogP contribution in [0.1, 0.15) is 44.9 Å². The van der Waals surface area contributed by atoms with Gasteiger partial charge >= 0.3 is 6.03 Å². The molecule has 18 heavy (non-hydrogen) atoms. The maximum absolute atomic E-state index is 12.2. The van der Waals surface area contributed by atoms with Gasteiger partial charge in [0, 0.05) is 19.1 Å². The van der Waals surface area contributed by atoms with E-state index in [1.54, 1.807) is 0 Å².